The van der Waals surface area contributed by atoms with Crippen molar-refractivity contribution in [3.63, 3.8) is 0 Å². The molecule has 1 saturated carbocycles. The van der Waals surface area contributed by atoms with Crippen molar-refractivity contribution in [1.82, 2.24) is 10.3 Å². The van der Waals surface area contributed by atoms with E-state index < -0.39 is 0 Å². The average molecular weight is 286 g/mol. The zero-order valence-corrected chi connectivity index (χ0v) is 12.8. The zero-order chi connectivity index (χ0) is 13.8. The van der Waals surface area contributed by atoms with Gasteiger partial charge >= 0.3 is 0 Å². The molecular weight excluding hydrogens is 264 g/mol. The molecule has 0 aliphatic heterocycles. The lowest BCUT2D eigenvalue weighted by atomic mass is 9.95. The van der Waals surface area contributed by atoms with Crippen LogP contribution in [0, 0.1) is 5.92 Å². The van der Waals surface area contributed by atoms with Gasteiger partial charge in [-0.1, -0.05) is 25.0 Å². The van der Waals surface area contributed by atoms with E-state index in [2.05, 4.69) is 40.8 Å². The van der Waals surface area contributed by atoms with Crippen molar-refractivity contribution >= 4 is 11.3 Å². The maximum atomic E-state index is 4.24. The molecule has 106 valence electrons. The van der Waals surface area contributed by atoms with Crippen LogP contribution in [-0.4, -0.2) is 4.98 Å². The van der Waals surface area contributed by atoms with Crippen LogP contribution in [0.25, 0.3) is 0 Å². The van der Waals surface area contributed by atoms with Crippen LogP contribution in [0.1, 0.15) is 55.1 Å². The highest BCUT2D eigenvalue weighted by atomic mass is 32.1. The minimum Gasteiger partial charge on any atom is -0.302 e. The molecule has 1 fully saturated rings. The van der Waals surface area contributed by atoms with Crippen molar-refractivity contribution in [2.75, 3.05) is 0 Å². The van der Waals surface area contributed by atoms with Crippen molar-refractivity contribution < 1.29 is 0 Å². The molecule has 2 heterocycles. The van der Waals surface area contributed by atoms with Gasteiger partial charge in [0.15, 0.2) is 0 Å². The fraction of sp³-hybridized carbons (Fsp3) is 0.471. The number of nitrogens with zero attached hydrogens (tertiary/aromatic N) is 1. The van der Waals surface area contributed by atoms with Gasteiger partial charge in [0.2, 0.25) is 0 Å². The van der Waals surface area contributed by atoms with Crippen LogP contribution < -0.4 is 5.32 Å². The van der Waals surface area contributed by atoms with Gasteiger partial charge in [-0.15, -0.1) is 11.3 Å². The van der Waals surface area contributed by atoms with Gasteiger partial charge in [-0.3, -0.25) is 4.98 Å². The summed E-state index contributed by atoms with van der Waals surface area (Å²) < 4.78 is 0. The molecule has 0 saturated heterocycles. The van der Waals surface area contributed by atoms with Gasteiger partial charge in [-0.05, 0) is 48.8 Å². The van der Waals surface area contributed by atoms with Crippen molar-refractivity contribution in [3.05, 3.63) is 52.5 Å². The number of hydrogen-bond acceptors (Lipinski definition) is 3. The van der Waals surface area contributed by atoms with Crippen molar-refractivity contribution in [1.29, 1.82) is 0 Å². The summed E-state index contributed by atoms with van der Waals surface area (Å²) in [6.45, 7) is 2.24. The van der Waals surface area contributed by atoms with E-state index >= 15 is 0 Å². The molecule has 3 rings (SSSR count). The Morgan fingerprint density at radius 3 is 2.75 bits per heavy atom. The molecule has 2 atom stereocenters. The lowest BCUT2D eigenvalue weighted by molar-refractivity contribution is 0.343. The Balaban J connectivity index is 1.76. The summed E-state index contributed by atoms with van der Waals surface area (Å²) in [4.78, 5) is 5.72. The summed E-state index contributed by atoms with van der Waals surface area (Å²) in [5, 5.41) is 6.04. The fourth-order valence-corrected chi connectivity index (χ4v) is 4.09. The molecule has 1 N–H and O–H groups in total. The van der Waals surface area contributed by atoms with Crippen LogP contribution in [0.5, 0.6) is 0 Å². The molecule has 2 nitrogen and oxygen atoms in total. The molecule has 0 spiro atoms. The van der Waals surface area contributed by atoms with Crippen LogP contribution in [-0.2, 0) is 0 Å². The second-order valence-electron chi connectivity index (χ2n) is 5.71. The second-order valence-corrected chi connectivity index (χ2v) is 6.69. The molecule has 2 unspecified atom stereocenters. The molecule has 1 aliphatic rings. The first kappa shape index (κ1) is 13.8. The monoisotopic (exact) mass is 286 g/mol. The summed E-state index contributed by atoms with van der Waals surface area (Å²) in [5.74, 6) is 0.785. The Bertz CT molecular complexity index is 503. The summed E-state index contributed by atoms with van der Waals surface area (Å²) in [6.07, 6.45) is 9.29. The zero-order valence-electron chi connectivity index (χ0n) is 12.0. The maximum Gasteiger partial charge on any atom is 0.0448 e. The smallest absolute Gasteiger partial charge is 0.0448 e. The third kappa shape index (κ3) is 3.10. The summed E-state index contributed by atoms with van der Waals surface area (Å²) in [6, 6.07) is 9.45. The van der Waals surface area contributed by atoms with E-state index in [1.165, 1.54) is 36.1 Å². The molecule has 3 heteroatoms. The predicted octanol–water partition coefficient (Wildman–Crippen LogP) is 4.73. The standard InChI is InChI=1S/C17H22N2S/c1-13(15-8-4-10-18-12-15)19-17(14-6-2-3-7-14)16-9-5-11-20-16/h4-5,8-14,17,19H,2-3,6-7H2,1H3. The van der Waals surface area contributed by atoms with Crippen LogP contribution in [0.2, 0.25) is 0 Å². The molecule has 0 bridgehead atoms. The van der Waals surface area contributed by atoms with E-state index in [4.69, 9.17) is 0 Å². The minimum atomic E-state index is 0.344. The van der Waals surface area contributed by atoms with Crippen LogP contribution in [0.15, 0.2) is 42.0 Å². The quantitative estimate of drug-likeness (QED) is 0.860. The Labute approximate surface area is 125 Å². The Morgan fingerprint density at radius 1 is 1.25 bits per heavy atom. The van der Waals surface area contributed by atoms with Crippen molar-refractivity contribution in [2.45, 2.75) is 44.7 Å². The number of nitrogens with one attached hydrogen (secondary N) is 1. The first-order chi connectivity index (χ1) is 9.84. The van der Waals surface area contributed by atoms with E-state index in [1.807, 2.05) is 29.8 Å². The van der Waals surface area contributed by atoms with Gasteiger partial charge in [-0.2, -0.15) is 0 Å². The van der Waals surface area contributed by atoms with E-state index in [1.54, 1.807) is 0 Å². The van der Waals surface area contributed by atoms with E-state index in [0.717, 1.165) is 5.92 Å². The first-order valence-corrected chi connectivity index (χ1v) is 8.42. The van der Waals surface area contributed by atoms with Gasteiger partial charge in [0.25, 0.3) is 0 Å². The molecule has 0 aromatic carbocycles. The highest BCUT2D eigenvalue weighted by Gasteiger charge is 2.28. The van der Waals surface area contributed by atoms with Crippen molar-refractivity contribution in [3.8, 4) is 0 Å². The number of aromatic nitrogens is 1. The molecule has 20 heavy (non-hydrogen) atoms. The maximum absolute atomic E-state index is 4.24. The number of rotatable bonds is 5. The van der Waals surface area contributed by atoms with Gasteiger partial charge in [0, 0.05) is 29.4 Å². The van der Waals surface area contributed by atoms with Crippen LogP contribution >= 0.6 is 11.3 Å². The molecule has 2 aromatic heterocycles. The third-order valence-electron chi connectivity index (χ3n) is 4.33. The molecule has 0 amide bonds. The highest BCUT2D eigenvalue weighted by Crippen LogP contribution is 2.38. The van der Waals surface area contributed by atoms with Crippen LogP contribution in [0.3, 0.4) is 0 Å². The largest absolute Gasteiger partial charge is 0.302 e. The second kappa shape index (κ2) is 6.51. The molecule has 0 radical (unpaired) electrons. The highest BCUT2D eigenvalue weighted by molar-refractivity contribution is 7.10. The van der Waals surface area contributed by atoms with Gasteiger partial charge < -0.3 is 5.32 Å². The van der Waals surface area contributed by atoms with E-state index in [-0.39, 0.29) is 0 Å². The third-order valence-corrected chi connectivity index (χ3v) is 5.29. The number of hydrogen-bond donors (Lipinski definition) is 1. The number of pyridine rings is 1. The van der Waals surface area contributed by atoms with Crippen LogP contribution in [0.4, 0.5) is 0 Å². The first-order valence-electron chi connectivity index (χ1n) is 7.54. The average Bonchev–Trinajstić information content (AvgIpc) is 3.19. The fourth-order valence-electron chi connectivity index (χ4n) is 3.21. The minimum absolute atomic E-state index is 0.344. The van der Waals surface area contributed by atoms with E-state index in [0.29, 0.717) is 12.1 Å². The van der Waals surface area contributed by atoms with Gasteiger partial charge in [-0.25, -0.2) is 0 Å². The van der Waals surface area contributed by atoms with Gasteiger partial charge in [0.1, 0.15) is 0 Å². The lowest BCUT2D eigenvalue weighted by Gasteiger charge is -2.27. The Hall–Kier alpha value is -1.19. The normalized spacial score (nSPS) is 19.1. The lowest BCUT2D eigenvalue weighted by Crippen LogP contribution is -2.29. The summed E-state index contributed by atoms with van der Waals surface area (Å²) >= 11 is 1.88. The molecule has 1 aliphatic carbocycles. The Morgan fingerprint density at radius 2 is 2.10 bits per heavy atom. The van der Waals surface area contributed by atoms with E-state index in [9.17, 15) is 0 Å². The SMILES string of the molecule is CC(NC(c1cccs1)C1CCCC1)c1cccnc1. The summed E-state index contributed by atoms with van der Waals surface area (Å²) in [5.41, 5.74) is 1.27. The number of thiophene rings is 1. The predicted molar refractivity (Wildman–Crippen MR) is 84.8 cm³/mol. The summed E-state index contributed by atoms with van der Waals surface area (Å²) in [7, 11) is 0. The molecular formula is C17H22N2S. The Kier molecular flexibility index (Phi) is 4.48. The van der Waals surface area contributed by atoms with Gasteiger partial charge in [0.05, 0.1) is 0 Å². The topological polar surface area (TPSA) is 24.9 Å². The molecule has 2 aromatic rings. The van der Waals surface area contributed by atoms with Crippen molar-refractivity contribution in [2.24, 2.45) is 5.92 Å².